The van der Waals surface area contributed by atoms with Crippen molar-refractivity contribution in [3.8, 4) is 0 Å². The third-order valence-electron chi connectivity index (χ3n) is 2.56. The van der Waals surface area contributed by atoms with Gasteiger partial charge in [0.15, 0.2) is 0 Å². The molecule has 2 rings (SSSR count). The maximum absolute atomic E-state index is 11.5. The van der Waals surface area contributed by atoms with Crippen LogP contribution in [0.3, 0.4) is 0 Å². The highest BCUT2D eigenvalue weighted by molar-refractivity contribution is 6.03. The number of ether oxygens (including phenoxy) is 1. The van der Waals surface area contributed by atoms with Gasteiger partial charge in [0.1, 0.15) is 11.5 Å². The van der Waals surface area contributed by atoms with E-state index >= 15 is 0 Å². The lowest BCUT2D eigenvalue weighted by Crippen LogP contribution is -2.59. The molecule has 4 nitrogen and oxygen atoms in total. The second-order valence-electron chi connectivity index (χ2n) is 3.62. The van der Waals surface area contributed by atoms with Gasteiger partial charge in [0, 0.05) is 0 Å². The molecule has 0 saturated heterocycles. The number of rotatable bonds is 0. The van der Waals surface area contributed by atoms with Gasteiger partial charge in [-0.15, -0.1) is 0 Å². The molecule has 1 aliphatic carbocycles. The van der Waals surface area contributed by atoms with E-state index in [-0.39, 0.29) is 24.5 Å². The predicted octanol–water partition coefficient (Wildman–Crippen LogP) is 0.486. The SMILES string of the molecule is CC1=C(C)OC2(CC(=O)C2)C(=O)N1. The Balaban J connectivity index is 2.26. The molecular formula is C9H11NO3. The minimum Gasteiger partial charge on any atom is -0.479 e. The van der Waals surface area contributed by atoms with Gasteiger partial charge in [-0.2, -0.15) is 0 Å². The zero-order chi connectivity index (χ0) is 9.64. The first-order chi connectivity index (χ1) is 6.03. The van der Waals surface area contributed by atoms with Crippen molar-refractivity contribution in [2.75, 3.05) is 0 Å². The molecule has 0 aromatic heterocycles. The number of Topliss-reactive ketones (excluding diaryl/α,β-unsaturated/α-hetero) is 1. The molecule has 1 aliphatic heterocycles. The Hall–Kier alpha value is -1.32. The molecule has 0 radical (unpaired) electrons. The third kappa shape index (κ3) is 1.05. The summed E-state index contributed by atoms with van der Waals surface area (Å²) in [5, 5.41) is 2.71. The van der Waals surface area contributed by atoms with Gasteiger partial charge in [0.25, 0.3) is 5.91 Å². The quantitative estimate of drug-likeness (QED) is 0.591. The number of amides is 1. The average molecular weight is 181 g/mol. The van der Waals surface area contributed by atoms with E-state index in [0.717, 1.165) is 5.70 Å². The smallest absolute Gasteiger partial charge is 0.269 e. The molecule has 0 aromatic carbocycles. The van der Waals surface area contributed by atoms with Gasteiger partial charge in [-0.05, 0) is 13.8 Å². The first kappa shape index (κ1) is 8.29. The van der Waals surface area contributed by atoms with Crippen molar-refractivity contribution in [3.63, 3.8) is 0 Å². The highest BCUT2D eigenvalue weighted by Gasteiger charge is 2.54. The van der Waals surface area contributed by atoms with Gasteiger partial charge >= 0.3 is 0 Å². The molecule has 0 aromatic rings. The summed E-state index contributed by atoms with van der Waals surface area (Å²) in [6.07, 6.45) is 0.424. The summed E-state index contributed by atoms with van der Waals surface area (Å²) < 4.78 is 5.45. The van der Waals surface area contributed by atoms with Crippen LogP contribution in [0.15, 0.2) is 11.5 Å². The fraction of sp³-hybridized carbons (Fsp3) is 0.556. The number of allylic oxidation sites excluding steroid dienone is 2. The van der Waals surface area contributed by atoms with E-state index in [1.54, 1.807) is 13.8 Å². The Morgan fingerprint density at radius 1 is 1.31 bits per heavy atom. The molecule has 0 atom stereocenters. The Morgan fingerprint density at radius 2 is 1.92 bits per heavy atom. The summed E-state index contributed by atoms with van der Waals surface area (Å²) in [4.78, 5) is 22.3. The largest absolute Gasteiger partial charge is 0.479 e. The van der Waals surface area contributed by atoms with Gasteiger partial charge < -0.3 is 10.1 Å². The van der Waals surface area contributed by atoms with Crippen molar-refractivity contribution >= 4 is 11.7 Å². The monoisotopic (exact) mass is 181 g/mol. The number of nitrogens with one attached hydrogen (secondary N) is 1. The molecule has 1 spiro atoms. The number of hydrogen-bond donors (Lipinski definition) is 1. The Bertz CT molecular complexity index is 322. The van der Waals surface area contributed by atoms with Crippen molar-refractivity contribution in [1.82, 2.24) is 5.32 Å². The van der Waals surface area contributed by atoms with Gasteiger partial charge in [-0.25, -0.2) is 0 Å². The fourth-order valence-corrected chi connectivity index (χ4v) is 1.61. The molecule has 0 unspecified atom stereocenters. The lowest BCUT2D eigenvalue weighted by molar-refractivity contribution is -0.164. The number of ketones is 1. The van der Waals surface area contributed by atoms with E-state index in [4.69, 9.17) is 4.74 Å². The highest BCUT2D eigenvalue weighted by Crippen LogP contribution is 2.37. The van der Waals surface area contributed by atoms with Crippen molar-refractivity contribution < 1.29 is 14.3 Å². The Morgan fingerprint density at radius 3 is 2.46 bits per heavy atom. The molecule has 1 fully saturated rings. The second kappa shape index (κ2) is 2.34. The van der Waals surface area contributed by atoms with Crippen LogP contribution in [0.2, 0.25) is 0 Å². The zero-order valence-electron chi connectivity index (χ0n) is 7.64. The molecule has 4 heteroatoms. The average Bonchev–Trinajstić information content (AvgIpc) is 1.98. The Labute approximate surface area is 75.9 Å². The molecule has 13 heavy (non-hydrogen) atoms. The number of carbonyl (C=O) groups excluding carboxylic acids is 2. The maximum Gasteiger partial charge on any atom is 0.269 e. The highest BCUT2D eigenvalue weighted by atomic mass is 16.5. The van der Waals surface area contributed by atoms with Crippen molar-refractivity contribution in [1.29, 1.82) is 0 Å². The van der Waals surface area contributed by atoms with E-state index in [1.807, 2.05) is 0 Å². The fourth-order valence-electron chi connectivity index (χ4n) is 1.61. The summed E-state index contributed by atoms with van der Waals surface area (Å²) in [5.41, 5.74) is -0.143. The maximum atomic E-state index is 11.5. The van der Waals surface area contributed by atoms with Crippen molar-refractivity contribution in [3.05, 3.63) is 11.5 Å². The second-order valence-corrected chi connectivity index (χ2v) is 3.62. The predicted molar refractivity (Wildman–Crippen MR) is 44.6 cm³/mol. The van der Waals surface area contributed by atoms with Crippen LogP contribution in [0.4, 0.5) is 0 Å². The zero-order valence-corrected chi connectivity index (χ0v) is 7.64. The molecule has 70 valence electrons. The summed E-state index contributed by atoms with van der Waals surface area (Å²) in [6, 6.07) is 0. The van der Waals surface area contributed by atoms with Crippen LogP contribution in [0.1, 0.15) is 26.7 Å². The lowest BCUT2D eigenvalue weighted by atomic mass is 9.77. The van der Waals surface area contributed by atoms with E-state index in [9.17, 15) is 9.59 Å². The van der Waals surface area contributed by atoms with Gasteiger partial charge in [-0.3, -0.25) is 9.59 Å². The molecule has 0 bridgehead atoms. The van der Waals surface area contributed by atoms with Gasteiger partial charge in [-0.1, -0.05) is 0 Å². The molecule has 1 saturated carbocycles. The van der Waals surface area contributed by atoms with E-state index < -0.39 is 5.60 Å². The van der Waals surface area contributed by atoms with E-state index in [1.165, 1.54) is 0 Å². The van der Waals surface area contributed by atoms with Crippen LogP contribution in [0.25, 0.3) is 0 Å². The van der Waals surface area contributed by atoms with Gasteiger partial charge in [0.2, 0.25) is 5.60 Å². The van der Waals surface area contributed by atoms with Crippen LogP contribution < -0.4 is 5.32 Å². The molecule has 1 N–H and O–H groups in total. The summed E-state index contributed by atoms with van der Waals surface area (Å²) in [6.45, 7) is 3.57. The lowest BCUT2D eigenvalue weighted by Gasteiger charge is -2.42. The third-order valence-corrected chi connectivity index (χ3v) is 2.56. The molecule has 1 amide bonds. The summed E-state index contributed by atoms with van der Waals surface area (Å²) >= 11 is 0. The summed E-state index contributed by atoms with van der Waals surface area (Å²) in [5.74, 6) is 0.602. The minimum atomic E-state index is -0.874. The normalized spacial score (nSPS) is 25.4. The molecule has 1 heterocycles. The van der Waals surface area contributed by atoms with Crippen LogP contribution in [0.5, 0.6) is 0 Å². The van der Waals surface area contributed by atoms with Crippen molar-refractivity contribution in [2.24, 2.45) is 0 Å². The number of hydrogen-bond acceptors (Lipinski definition) is 3. The first-order valence-electron chi connectivity index (χ1n) is 4.23. The number of carbonyl (C=O) groups is 2. The molecular weight excluding hydrogens is 170 g/mol. The van der Waals surface area contributed by atoms with Crippen LogP contribution in [-0.2, 0) is 14.3 Å². The Kier molecular flexibility index (Phi) is 1.49. The van der Waals surface area contributed by atoms with Crippen molar-refractivity contribution in [2.45, 2.75) is 32.3 Å². The van der Waals surface area contributed by atoms with Crippen LogP contribution >= 0.6 is 0 Å². The molecule has 2 aliphatic rings. The van der Waals surface area contributed by atoms with Crippen LogP contribution in [0, 0.1) is 0 Å². The first-order valence-corrected chi connectivity index (χ1v) is 4.23. The standard InChI is InChI=1S/C9H11NO3/c1-5-6(2)13-9(8(12)10-5)3-7(11)4-9/h3-4H2,1-2H3,(H,10,12). The minimum absolute atomic E-state index is 0.0857. The van der Waals surface area contributed by atoms with E-state index in [2.05, 4.69) is 5.32 Å². The van der Waals surface area contributed by atoms with Gasteiger partial charge in [0.05, 0.1) is 18.5 Å². The topological polar surface area (TPSA) is 55.4 Å². The summed E-state index contributed by atoms with van der Waals surface area (Å²) in [7, 11) is 0. The van der Waals surface area contributed by atoms with E-state index in [0.29, 0.717) is 5.76 Å². The van der Waals surface area contributed by atoms with Crippen LogP contribution in [-0.4, -0.2) is 17.3 Å².